The highest BCUT2D eigenvalue weighted by molar-refractivity contribution is 5.84. The van der Waals surface area contributed by atoms with Gasteiger partial charge in [0.15, 0.2) is 0 Å². The molecule has 1 amide bonds. The van der Waals surface area contributed by atoms with E-state index in [0.717, 1.165) is 25.9 Å². The van der Waals surface area contributed by atoms with Gasteiger partial charge in [-0.05, 0) is 58.6 Å². The smallest absolute Gasteiger partial charge is 0.248 e. The van der Waals surface area contributed by atoms with E-state index in [2.05, 4.69) is 51.8 Å². The number of piperidine rings is 1. The zero-order chi connectivity index (χ0) is 18.6. The molecular formula is C20H29N5O. The van der Waals surface area contributed by atoms with E-state index >= 15 is 0 Å². The number of aryl methyl sites for hydroxylation is 1. The molecule has 6 heteroatoms. The molecular weight excluding hydrogens is 326 g/mol. The minimum absolute atomic E-state index is 0.0571. The first kappa shape index (κ1) is 18.6. The Kier molecular flexibility index (Phi) is 5.74. The van der Waals surface area contributed by atoms with Gasteiger partial charge in [0.05, 0.1) is 6.04 Å². The fraction of sp³-hybridized carbons (Fsp3) is 0.500. The predicted octanol–water partition coefficient (Wildman–Crippen LogP) is 1.69. The number of hydrogen-bond donors (Lipinski definition) is 2. The molecule has 1 aliphatic rings. The quantitative estimate of drug-likeness (QED) is 0.828. The number of aromatic nitrogens is 2. The molecule has 1 fully saturated rings. The second-order valence-electron chi connectivity index (χ2n) is 7.33. The normalized spacial score (nSPS) is 17.8. The third-order valence-electron chi connectivity index (χ3n) is 5.34. The molecule has 2 aromatic rings. The highest BCUT2D eigenvalue weighted by Crippen LogP contribution is 2.27. The van der Waals surface area contributed by atoms with Crippen LogP contribution in [0.25, 0.3) is 0 Å². The minimum Gasteiger partial charge on any atom is -0.352 e. The van der Waals surface area contributed by atoms with Crippen LogP contribution in [0.3, 0.4) is 0 Å². The summed E-state index contributed by atoms with van der Waals surface area (Å²) in [6.45, 7) is 4.30. The summed E-state index contributed by atoms with van der Waals surface area (Å²) in [5.41, 5.74) is 1.85. The summed E-state index contributed by atoms with van der Waals surface area (Å²) < 4.78 is 1.83. The zero-order valence-electron chi connectivity index (χ0n) is 15.9. The van der Waals surface area contributed by atoms with E-state index < -0.39 is 5.54 Å². The molecule has 1 unspecified atom stereocenters. The number of rotatable bonds is 6. The number of likely N-dealkylation sites (N-methyl/N-ethyl adjacent to an activating group) is 1. The lowest BCUT2D eigenvalue weighted by Gasteiger charge is -2.37. The number of benzene rings is 1. The van der Waals surface area contributed by atoms with Gasteiger partial charge in [0.25, 0.3) is 0 Å². The summed E-state index contributed by atoms with van der Waals surface area (Å²) in [4.78, 5) is 15.4. The lowest BCUT2D eigenvalue weighted by atomic mass is 9.87. The Balaban J connectivity index is 1.75. The maximum atomic E-state index is 13.2. The molecule has 140 valence electrons. The molecule has 2 heterocycles. The van der Waals surface area contributed by atoms with Gasteiger partial charge >= 0.3 is 0 Å². The summed E-state index contributed by atoms with van der Waals surface area (Å²) in [5.74, 6) is 0.0571. The molecule has 0 spiro atoms. The maximum absolute atomic E-state index is 13.2. The summed E-state index contributed by atoms with van der Waals surface area (Å²) in [6, 6.07) is 10.5. The van der Waals surface area contributed by atoms with E-state index in [4.69, 9.17) is 0 Å². The summed E-state index contributed by atoms with van der Waals surface area (Å²) in [5, 5.41) is 10.9. The molecule has 1 saturated heterocycles. The Morgan fingerprint density at radius 3 is 2.58 bits per heavy atom. The van der Waals surface area contributed by atoms with E-state index in [0.29, 0.717) is 6.54 Å². The van der Waals surface area contributed by atoms with Gasteiger partial charge in [0, 0.05) is 18.9 Å². The Morgan fingerprint density at radius 1 is 1.31 bits per heavy atom. The number of carbonyl (C=O) groups is 1. The van der Waals surface area contributed by atoms with Crippen LogP contribution < -0.4 is 10.6 Å². The van der Waals surface area contributed by atoms with Gasteiger partial charge < -0.3 is 15.5 Å². The van der Waals surface area contributed by atoms with Crippen molar-refractivity contribution >= 4 is 5.91 Å². The highest BCUT2D eigenvalue weighted by atomic mass is 16.2. The van der Waals surface area contributed by atoms with Gasteiger partial charge in [-0.1, -0.05) is 29.8 Å². The second-order valence-corrected chi connectivity index (χ2v) is 7.33. The van der Waals surface area contributed by atoms with Gasteiger partial charge in [-0.2, -0.15) is 5.10 Å². The van der Waals surface area contributed by atoms with Crippen molar-refractivity contribution in [2.45, 2.75) is 31.3 Å². The topological polar surface area (TPSA) is 62.2 Å². The Hall–Kier alpha value is -2.18. The van der Waals surface area contributed by atoms with Crippen LogP contribution in [-0.2, 0) is 10.3 Å². The van der Waals surface area contributed by atoms with Crippen LogP contribution in [0.1, 0.15) is 30.0 Å². The largest absolute Gasteiger partial charge is 0.352 e. The average Bonchev–Trinajstić information content (AvgIpc) is 3.18. The Morgan fingerprint density at radius 2 is 2.00 bits per heavy atom. The first-order chi connectivity index (χ1) is 12.5. The van der Waals surface area contributed by atoms with Crippen molar-refractivity contribution in [1.82, 2.24) is 25.3 Å². The van der Waals surface area contributed by atoms with Crippen LogP contribution >= 0.6 is 0 Å². The monoisotopic (exact) mass is 355 g/mol. The summed E-state index contributed by atoms with van der Waals surface area (Å²) in [7, 11) is 4.09. The number of carbonyl (C=O) groups excluding carboxylic acids is 1. The van der Waals surface area contributed by atoms with Crippen molar-refractivity contribution in [3.8, 4) is 0 Å². The molecule has 3 rings (SSSR count). The van der Waals surface area contributed by atoms with Crippen LogP contribution in [0.4, 0.5) is 0 Å². The Labute approximate surface area is 155 Å². The van der Waals surface area contributed by atoms with Crippen molar-refractivity contribution in [2.24, 2.45) is 0 Å². The van der Waals surface area contributed by atoms with E-state index in [9.17, 15) is 4.79 Å². The molecule has 0 radical (unpaired) electrons. The van der Waals surface area contributed by atoms with Gasteiger partial charge in [-0.15, -0.1) is 0 Å². The first-order valence-corrected chi connectivity index (χ1v) is 9.25. The standard InChI is InChI=1S/C20H29N5O/c1-16-5-7-17(8-6-16)18(24(2)3)15-22-19(26)20(9-12-21-13-10-20)25-14-4-11-23-25/h4-8,11,14,18,21H,9-10,12-13,15H2,1-3H3,(H,22,26). The van der Waals surface area contributed by atoms with E-state index in [-0.39, 0.29) is 11.9 Å². The van der Waals surface area contributed by atoms with Crippen LogP contribution in [0.15, 0.2) is 42.7 Å². The molecule has 1 aliphatic heterocycles. The average molecular weight is 355 g/mol. The van der Waals surface area contributed by atoms with Crippen LogP contribution in [0.2, 0.25) is 0 Å². The molecule has 1 atom stereocenters. The molecule has 0 aliphatic carbocycles. The summed E-state index contributed by atoms with van der Waals surface area (Å²) in [6.07, 6.45) is 5.13. The SMILES string of the molecule is Cc1ccc(C(CNC(=O)C2(n3cccn3)CCNCC2)N(C)C)cc1. The lowest BCUT2D eigenvalue weighted by molar-refractivity contribution is -0.132. The minimum atomic E-state index is -0.598. The van der Waals surface area contributed by atoms with Crippen LogP contribution in [-0.4, -0.2) is 54.3 Å². The molecule has 6 nitrogen and oxygen atoms in total. The van der Waals surface area contributed by atoms with E-state index in [1.807, 2.05) is 31.0 Å². The number of nitrogens with one attached hydrogen (secondary N) is 2. The van der Waals surface area contributed by atoms with Crippen LogP contribution in [0.5, 0.6) is 0 Å². The highest BCUT2D eigenvalue weighted by Gasteiger charge is 2.42. The fourth-order valence-corrected chi connectivity index (χ4v) is 3.66. The lowest BCUT2D eigenvalue weighted by Crippen LogP contribution is -2.55. The maximum Gasteiger partial charge on any atom is 0.248 e. The summed E-state index contributed by atoms with van der Waals surface area (Å²) >= 11 is 0. The first-order valence-electron chi connectivity index (χ1n) is 9.25. The molecule has 0 bridgehead atoms. The molecule has 26 heavy (non-hydrogen) atoms. The second kappa shape index (κ2) is 8.01. The van der Waals surface area contributed by atoms with Gasteiger partial charge in [0.1, 0.15) is 5.54 Å². The third kappa shape index (κ3) is 3.81. The zero-order valence-corrected chi connectivity index (χ0v) is 15.9. The van der Waals surface area contributed by atoms with Crippen molar-refractivity contribution in [3.63, 3.8) is 0 Å². The molecule has 2 N–H and O–H groups in total. The van der Waals surface area contributed by atoms with Crippen molar-refractivity contribution in [1.29, 1.82) is 0 Å². The van der Waals surface area contributed by atoms with Crippen molar-refractivity contribution < 1.29 is 4.79 Å². The third-order valence-corrected chi connectivity index (χ3v) is 5.34. The molecule has 0 saturated carbocycles. The van der Waals surface area contributed by atoms with Crippen LogP contribution in [0, 0.1) is 6.92 Å². The molecule has 1 aromatic heterocycles. The van der Waals surface area contributed by atoms with E-state index in [1.54, 1.807) is 6.20 Å². The van der Waals surface area contributed by atoms with Crippen molar-refractivity contribution in [3.05, 3.63) is 53.9 Å². The van der Waals surface area contributed by atoms with E-state index in [1.165, 1.54) is 11.1 Å². The van der Waals surface area contributed by atoms with Gasteiger partial charge in [0.2, 0.25) is 5.91 Å². The van der Waals surface area contributed by atoms with Crippen molar-refractivity contribution in [2.75, 3.05) is 33.7 Å². The fourth-order valence-electron chi connectivity index (χ4n) is 3.66. The number of hydrogen-bond acceptors (Lipinski definition) is 4. The number of nitrogens with zero attached hydrogens (tertiary/aromatic N) is 3. The van der Waals surface area contributed by atoms with Gasteiger partial charge in [-0.3, -0.25) is 9.48 Å². The molecule has 1 aromatic carbocycles. The van der Waals surface area contributed by atoms with Gasteiger partial charge in [-0.25, -0.2) is 0 Å². The predicted molar refractivity (Wildman–Crippen MR) is 103 cm³/mol. The Bertz CT molecular complexity index is 702. The number of amides is 1.